The van der Waals surface area contributed by atoms with Crippen LogP contribution in [0.2, 0.25) is 0 Å². The van der Waals surface area contributed by atoms with Crippen LogP contribution in [0.25, 0.3) is 0 Å². The lowest BCUT2D eigenvalue weighted by atomic mass is 9.70. The van der Waals surface area contributed by atoms with Crippen LogP contribution in [0, 0.1) is 11.3 Å². The molecule has 0 saturated heterocycles. The number of halogens is 1. The molecular weight excluding hydrogens is 238 g/mol. The molecule has 14 heavy (non-hydrogen) atoms. The first-order chi connectivity index (χ1) is 6.58. The molecule has 0 aromatic carbocycles. The molecule has 1 aliphatic carbocycles. The quantitative estimate of drug-likeness (QED) is 0.662. The molecule has 0 heterocycles. The van der Waals surface area contributed by atoms with E-state index in [2.05, 4.69) is 41.7 Å². The maximum Gasteiger partial charge on any atom is 0.0100 e. The highest BCUT2D eigenvalue weighted by Crippen LogP contribution is 2.42. The van der Waals surface area contributed by atoms with Gasteiger partial charge in [-0.3, -0.25) is 0 Å². The van der Waals surface area contributed by atoms with Gasteiger partial charge in [-0.1, -0.05) is 36.2 Å². The maximum atomic E-state index is 3.67. The van der Waals surface area contributed by atoms with Crippen molar-refractivity contribution >= 4 is 15.9 Å². The van der Waals surface area contributed by atoms with E-state index in [1.165, 1.54) is 44.1 Å². The van der Waals surface area contributed by atoms with Crippen molar-refractivity contribution in [3.63, 3.8) is 0 Å². The van der Waals surface area contributed by atoms with Gasteiger partial charge in [-0.15, -0.1) is 0 Å². The second-order valence-corrected chi connectivity index (χ2v) is 5.97. The van der Waals surface area contributed by atoms with Crippen LogP contribution in [0.5, 0.6) is 0 Å². The second-order valence-electron chi connectivity index (χ2n) is 5.41. The molecule has 0 N–H and O–H groups in total. The molecule has 0 radical (unpaired) electrons. The van der Waals surface area contributed by atoms with Crippen molar-refractivity contribution in [2.75, 3.05) is 25.5 Å². The Labute approximate surface area is 97.4 Å². The monoisotopic (exact) mass is 261 g/mol. The van der Waals surface area contributed by atoms with E-state index in [4.69, 9.17) is 0 Å². The zero-order chi connectivity index (χ0) is 10.6. The van der Waals surface area contributed by atoms with Gasteiger partial charge in [0.2, 0.25) is 0 Å². The van der Waals surface area contributed by atoms with Gasteiger partial charge in [0.05, 0.1) is 0 Å². The van der Waals surface area contributed by atoms with Crippen LogP contribution in [0.15, 0.2) is 0 Å². The maximum absolute atomic E-state index is 3.67. The Morgan fingerprint density at radius 3 is 2.36 bits per heavy atom. The largest absolute Gasteiger partial charge is 0.306 e. The lowest BCUT2D eigenvalue weighted by Crippen LogP contribution is -2.42. The Morgan fingerprint density at radius 2 is 2.00 bits per heavy atom. The molecule has 0 spiro atoms. The number of hydrogen-bond acceptors (Lipinski definition) is 1. The van der Waals surface area contributed by atoms with E-state index in [1.54, 1.807) is 0 Å². The molecule has 0 bridgehead atoms. The van der Waals surface area contributed by atoms with Crippen molar-refractivity contribution in [1.29, 1.82) is 0 Å². The number of alkyl halides is 1. The third-order valence-corrected chi connectivity index (χ3v) is 4.58. The Balaban J connectivity index is 2.21. The van der Waals surface area contributed by atoms with Crippen molar-refractivity contribution < 1.29 is 0 Å². The van der Waals surface area contributed by atoms with Gasteiger partial charge in [0.25, 0.3) is 0 Å². The molecular formula is C12H24BrN. The first-order valence-corrected chi connectivity index (χ1v) is 6.95. The number of nitrogens with zero attached hydrogens (tertiary/aromatic N) is 1. The lowest BCUT2D eigenvalue weighted by Gasteiger charge is -2.43. The summed E-state index contributed by atoms with van der Waals surface area (Å²) in [5.74, 6) is 0.832. The fourth-order valence-electron chi connectivity index (χ4n) is 2.14. The fourth-order valence-corrected chi connectivity index (χ4v) is 2.88. The van der Waals surface area contributed by atoms with E-state index < -0.39 is 0 Å². The minimum Gasteiger partial charge on any atom is -0.306 e. The summed E-state index contributed by atoms with van der Waals surface area (Å²) >= 11 is 3.67. The van der Waals surface area contributed by atoms with Crippen LogP contribution in [0.4, 0.5) is 0 Å². The molecule has 1 nitrogen and oxygen atoms in total. The highest BCUT2D eigenvalue weighted by Gasteiger charge is 2.36. The smallest absolute Gasteiger partial charge is 0.0100 e. The Hall–Kier alpha value is 0.440. The summed E-state index contributed by atoms with van der Waals surface area (Å²) in [6.07, 6.45) is 5.60. The van der Waals surface area contributed by atoms with E-state index >= 15 is 0 Å². The van der Waals surface area contributed by atoms with Crippen LogP contribution >= 0.6 is 15.9 Å². The van der Waals surface area contributed by atoms with E-state index in [9.17, 15) is 0 Å². The predicted molar refractivity (Wildman–Crippen MR) is 67.0 cm³/mol. The van der Waals surface area contributed by atoms with Gasteiger partial charge in [-0.25, -0.2) is 0 Å². The molecule has 0 aliphatic heterocycles. The molecule has 0 unspecified atom stereocenters. The topological polar surface area (TPSA) is 3.24 Å². The Kier molecular flexibility index (Phi) is 4.92. The molecule has 1 aliphatic rings. The first kappa shape index (κ1) is 12.5. The van der Waals surface area contributed by atoms with Crippen molar-refractivity contribution in [1.82, 2.24) is 4.90 Å². The third kappa shape index (κ3) is 3.54. The van der Waals surface area contributed by atoms with Crippen LogP contribution in [-0.2, 0) is 0 Å². The molecule has 0 aromatic rings. The lowest BCUT2D eigenvalue weighted by molar-refractivity contribution is 0.103. The normalized spacial score (nSPS) is 20.1. The van der Waals surface area contributed by atoms with Crippen LogP contribution in [0.1, 0.15) is 39.5 Å². The summed E-state index contributed by atoms with van der Waals surface area (Å²) in [5.41, 5.74) is 0.617. The predicted octanol–water partition coefficient (Wildman–Crippen LogP) is 3.53. The Morgan fingerprint density at radius 1 is 1.36 bits per heavy atom. The van der Waals surface area contributed by atoms with Crippen LogP contribution in [-0.4, -0.2) is 30.4 Å². The summed E-state index contributed by atoms with van der Waals surface area (Å²) in [5, 5.41) is 1.19. The number of rotatable bonds is 6. The van der Waals surface area contributed by atoms with Crippen molar-refractivity contribution in [3.05, 3.63) is 0 Å². The van der Waals surface area contributed by atoms with Crippen molar-refractivity contribution in [2.45, 2.75) is 39.5 Å². The highest BCUT2D eigenvalue weighted by atomic mass is 79.9. The van der Waals surface area contributed by atoms with Crippen molar-refractivity contribution in [3.8, 4) is 0 Å². The average molecular weight is 262 g/mol. The Bertz CT molecular complexity index is 158. The molecule has 0 atom stereocenters. The van der Waals surface area contributed by atoms with Gasteiger partial charge in [0, 0.05) is 11.9 Å². The third-order valence-electron chi connectivity index (χ3n) is 3.39. The van der Waals surface area contributed by atoms with Gasteiger partial charge in [-0.2, -0.15) is 0 Å². The average Bonchev–Trinajstić information content (AvgIpc) is 2.08. The van der Waals surface area contributed by atoms with E-state index in [-0.39, 0.29) is 0 Å². The summed E-state index contributed by atoms with van der Waals surface area (Å²) in [6, 6.07) is 0. The van der Waals surface area contributed by atoms with Gasteiger partial charge in [0.15, 0.2) is 0 Å². The molecule has 2 heteroatoms. The highest BCUT2D eigenvalue weighted by molar-refractivity contribution is 9.09. The van der Waals surface area contributed by atoms with E-state index in [0.717, 1.165) is 5.92 Å². The first-order valence-electron chi connectivity index (χ1n) is 5.82. The standard InChI is InChI=1S/C12H24BrN/c1-11(2)5-8-14(3)10-12(9-13)6-4-7-12/h11H,4-10H2,1-3H3. The minimum atomic E-state index is 0.617. The SMILES string of the molecule is CC(C)CCN(C)CC1(CBr)CCC1. The van der Waals surface area contributed by atoms with Crippen LogP contribution in [0.3, 0.4) is 0 Å². The fraction of sp³-hybridized carbons (Fsp3) is 1.00. The van der Waals surface area contributed by atoms with Crippen LogP contribution < -0.4 is 0 Å². The van der Waals surface area contributed by atoms with Gasteiger partial charge < -0.3 is 4.90 Å². The summed E-state index contributed by atoms with van der Waals surface area (Å²) in [6.45, 7) is 7.15. The molecule has 0 amide bonds. The molecule has 1 rings (SSSR count). The zero-order valence-corrected chi connectivity index (χ0v) is 11.4. The van der Waals surface area contributed by atoms with E-state index in [0.29, 0.717) is 5.41 Å². The van der Waals surface area contributed by atoms with Gasteiger partial charge in [0.1, 0.15) is 0 Å². The summed E-state index contributed by atoms with van der Waals surface area (Å²) in [4.78, 5) is 2.51. The second kappa shape index (κ2) is 5.50. The van der Waals surface area contributed by atoms with E-state index in [1.807, 2.05) is 0 Å². The van der Waals surface area contributed by atoms with Crippen molar-refractivity contribution in [2.24, 2.45) is 11.3 Å². The molecule has 1 saturated carbocycles. The molecule has 1 fully saturated rings. The molecule has 0 aromatic heterocycles. The van der Waals surface area contributed by atoms with Gasteiger partial charge in [-0.05, 0) is 44.2 Å². The molecule has 84 valence electrons. The van der Waals surface area contributed by atoms with Gasteiger partial charge >= 0.3 is 0 Å². The summed E-state index contributed by atoms with van der Waals surface area (Å²) < 4.78 is 0. The number of hydrogen-bond donors (Lipinski definition) is 0. The minimum absolute atomic E-state index is 0.617. The summed E-state index contributed by atoms with van der Waals surface area (Å²) in [7, 11) is 2.27. The zero-order valence-electron chi connectivity index (χ0n) is 9.85.